The minimum Gasteiger partial charge on any atom is -0.545 e. The SMILES string of the molecule is CCCCCCCCC(=Nc1cc(CC)cc(CC)c1)C(CCCCCCCC)=Nc1cc(CC)cc(CC)c1.CCc1cc(O)c(O)c(C(=O)[O-])c1CC.CCc1cc(O)c(O)c(C(=O)[O-])c1CC.[Pd+2]. The molecule has 0 saturated carbocycles. The van der Waals surface area contributed by atoms with Crippen LogP contribution in [-0.2, 0) is 71.8 Å². The quantitative estimate of drug-likeness (QED) is 0.0197. The number of carbonyl (C=O) groups is 2. The molecule has 0 aliphatic heterocycles. The Morgan fingerprint density at radius 3 is 0.958 bits per heavy atom. The van der Waals surface area contributed by atoms with Crippen LogP contribution in [0.1, 0.15) is 224 Å². The first-order valence-corrected chi connectivity index (χ1v) is 26.6. The van der Waals surface area contributed by atoms with Crippen LogP contribution in [0.3, 0.4) is 0 Å². The number of rotatable bonds is 27. The first kappa shape index (κ1) is 64.0. The molecule has 0 aliphatic rings. The van der Waals surface area contributed by atoms with E-state index in [1.165, 1.54) is 123 Å². The summed E-state index contributed by atoms with van der Waals surface area (Å²) in [7, 11) is 0. The minimum atomic E-state index is -1.46. The number of phenols is 4. The van der Waals surface area contributed by atoms with Gasteiger partial charge in [-0.05, 0) is 158 Å². The summed E-state index contributed by atoms with van der Waals surface area (Å²) in [6.45, 7) is 20.9. The Hall–Kier alpha value is -4.98. The number of aliphatic imine (C=N–C) groups is 2. The summed E-state index contributed by atoms with van der Waals surface area (Å²) in [4.78, 5) is 32.5. The summed E-state index contributed by atoms with van der Waals surface area (Å²) in [5.74, 6) is -4.97. The van der Waals surface area contributed by atoms with E-state index in [4.69, 9.17) is 9.98 Å². The molecule has 11 heteroatoms. The predicted octanol–water partition coefficient (Wildman–Crippen LogP) is 13.5. The molecular weight excluding hydrogens is 983 g/mol. The van der Waals surface area contributed by atoms with E-state index < -0.39 is 34.9 Å². The van der Waals surface area contributed by atoms with Gasteiger partial charge in [0.25, 0.3) is 0 Å². The van der Waals surface area contributed by atoms with Crippen molar-refractivity contribution >= 4 is 34.7 Å². The van der Waals surface area contributed by atoms with Crippen LogP contribution in [0.25, 0.3) is 0 Å². The molecule has 4 aromatic rings. The Labute approximate surface area is 440 Å². The van der Waals surface area contributed by atoms with Gasteiger partial charge in [-0.25, -0.2) is 0 Å². The fourth-order valence-corrected chi connectivity index (χ4v) is 8.80. The monoisotopic (exact) mass is 1070 g/mol. The number of carboxylic acid groups (broad SMARTS) is 2. The van der Waals surface area contributed by atoms with Crippen molar-refractivity contribution in [1.29, 1.82) is 0 Å². The number of hydrogen-bond donors (Lipinski definition) is 4. The first-order chi connectivity index (χ1) is 33.6. The molecule has 4 N–H and O–H groups in total. The number of nitrogens with zero attached hydrogens (tertiary/aromatic N) is 2. The Morgan fingerprint density at radius 1 is 0.408 bits per heavy atom. The zero-order valence-corrected chi connectivity index (χ0v) is 46.4. The summed E-state index contributed by atoms with van der Waals surface area (Å²) in [6.07, 6.45) is 24.0. The Morgan fingerprint density at radius 2 is 0.704 bits per heavy atom. The van der Waals surface area contributed by atoms with Gasteiger partial charge in [-0.15, -0.1) is 0 Å². The molecule has 0 aliphatic carbocycles. The molecule has 0 atom stereocenters. The van der Waals surface area contributed by atoms with Gasteiger partial charge in [-0.2, -0.15) is 0 Å². The number of aryl methyl sites for hydroxylation is 6. The van der Waals surface area contributed by atoms with Gasteiger partial charge in [0, 0.05) is 11.1 Å². The normalized spacial score (nSPS) is 11.3. The van der Waals surface area contributed by atoms with E-state index in [-0.39, 0.29) is 31.5 Å². The van der Waals surface area contributed by atoms with Crippen molar-refractivity contribution in [2.45, 2.75) is 210 Å². The van der Waals surface area contributed by atoms with E-state index in [9.17, 15) is 40.2 Å². The molecule has 0 bridgehead atoms. The van der Waals surface area contributed by atoms with E-state index >= 15 is 0 Å². The van der Waals surface area contributed by atoms with E-state index in [1.54, 1.807) is 13.8 Å². The number of unbranched alkanes of at least 4 members (excludes halogenated alkanes) is 10. The number of aromatic hydroxyl groups is 4. The van der Waals surface area contributed by atoms with Gasteiger partial charge in [0.2, 0.25) is 0 Å². The van der Waals surface area contributed by atoms with Crippen LogP contribution in [0.4, 0.5) is 11.4 Å². The van der Waals surface area contributed by atoms with Gasteiger partial charge in [0.05, 0.1) is 34.7 Å². The number of carbonyl (C=O) groups excluding carboxylic acids is 2. The van der Waals surface area contributed by atoms with Crippen molar-refractivity contribution in [3.05, 3.63) is 104 Å². The molecule has 0 unspecified atom stereocenters. The number of benzene rings is 4. The van der Waals surface area contributed by atoms with Crippen molar-refractivity contribution < 1.29 is 60.7 Å². The van der Waals surface area contributed by atoms with Crippen LogP contribution in [0.2, 0.25) is 0 Å². The number of aromatic carboxylic acids is 2. The molecular formula is C60H86N2O8Pd. The summed E-state index contributed by atoms with van der Waals surface area (Å²) < 4.78 is 0. The molecule has 10 nitrogen and oxygen atoms in total. The van der Waals surface area contributed by atoms with E-state index in [0.29, 0.717) is 47.9 Å². The van der Waals surface area contributed by atoms with Crippen LogP contribution in [-0.4, -0.2) is 43.8 Å². The van der Waals surface area contributed by atoms with Crippen molar-refractivity contribution in [1.82, 2.24) is 0 Å². The Bertz CT molecular complexity index is 2110. The molecule has 0 spiro atoms. The van der Waals surface area contributed by atoms with E-state index in [1.807, 2.05) is 13.8 Å². The van der Waals surface area contributed by atoms with Gasteiger partial charge in [-0.1, -0.05) is 146 Å². The molecule has 4 rings (SSSR count). The predicted molar refractivity (Wildman–Crippen MR) is 286 cm³/mol. The maximum Gasteiger partial charge on any atom is 2.00 e. The molecule has 394 valence electrons. The van der Waals surface area contributed by atoms with Crippen molar-refractivity contribution in [2.75, 3.05) is 0 Å². The van der Waals surface area contributed by atoms with Crippen LogP contribution < -0.4 is 10.2 Å². The van der Waals surface area contributed by atoms with Crippen LogP contribution in [0.15, 0.2) is 58.5 Å². The van der Waals surface area contributed by atoms with Crippen molar-refractivity contribution in [2.24, 2.45) is 9.98 Å². The third-order valence-corrected chi connectivity index (χ3v) is 12.9. The number of phenolic OH excluding ortho intramolecular Hbond substituents is 2. The van der Waals surface area contributed by atoms with Gasteiger partial charge in [0.15, 0.2) is 23.0 Å². The maximum absolute atomic E-state index is 10.8. The molecule has 71 heavy (non-hydrogen) atoms. The number of hydrogen-bond acceptors (Lipinski definition) is 10. The summed E-state index contributed by atoms with van der Waals surface area (Å²) in [6, 6.07) is 16.7. The van der Waals surface area contributed by atoms with Gasteiger partial charge in [-0.3, -0.25) is 9.98 Å². The molecule has 0 amide bonds. The number of carboxylic acids is 2. The smallest absolute Gasteiger partial charge is 0.545 e. The largest absolute Gasteiger partial charge is 2.00 e. The molecule has 0 aromatic heterocycles. The van der Waals surface area contributed by atoms with E-state index in [2.05, 4.69) is 77.9 Å². The summed E-state index contributed by atoms with van der Waals surface area (Å²) in [5, 5.41) is 59.2. The van der Waals surface area contributed by atoms with Crippen molar-refractivity contribution in [3.63, 3.8) is 0 Å². The van der Waals surface area contributed by atoms with E-state index in [0.717, 1.165) is 49.9 Å². The average Bonchev–Trinajstić information content (AvgIpc) is 3.36. The molecule has 4 aromatic carbocycles. The Kier molecular flexibility index (Phi) is 31.7. The average molecular weight is 1070 g/mol. The fraction of sp³-hybridized carbons (Fsp3) is 0.533. The first-order valence-electron chi connectivity index (χ1n) is 26.6. The van der Waals surface area contributed by atoms with Crippen molar-refractivity contribution in [3.8, 4) is 23.0 Å². The second kappa shape index (κ2) is 35.2. The van der Waals surface area contributed by atoms with Crippen LogP contribution in [0, 0.1) is 0 Å². The van der Waals surface area contributed by atoms with Crippen LogP contribution >= 0.6 is 0 Å². The van der Waals surface area contributed by atoms with Gasteiger partial charge >= 0.3 is 20.4 Å². The molecule has 0 radical (unpaired) electrons. The Balaban J connectivity index is 0.000000660. The zero-order chi connectivity index (χ0) is 52.2. The molecule has 0 saturated heterocycles. The molecule has 0 fully saturated rings. The zero-order valence-electron chi connectivity index (χ0n) is 44.8. The van der Waals surface area contributed by atoms with Gasteiger partial charge in [0.1, 0.15) is 0 Å². The summed E-state index contributed by atoms with van der Waals surface area (Å²) >= 11 is 0. The summed E-state index contributed by atoms with van der Waals surface area (Å²) in [5.41, 5.74) is 12.1. The standard InChI is InChI=1S/C38H60N2.2C11H14O4.Pd/c1-7-13-15-17-19-21-23-37(39-35-27-31(9-3)25-32(10-4)28-35)38(24-22-20-18-16-14-8-2)40-36-29-33(11-5)26-34(12-6)30-36;2*1-3-6-5-8(12)10(13)9(11(14)15)7(6)4-2;/h25-30H,7-24H2,1-6H3;2*5,12-13H,3-4H2,1-2H3,(H,14,15);/q;;;+2/p-2. The topological polar surface area (TPSA) is 186 Å². The fourth-order valence-electron chi connectivity index (χ4n) is 8.80. The minimum absolute atomic E-state index is 0. The second-order valence-corrected chi connectivity index (χ2v) is 18.1. The molecule has 0 heterocycles. The third-order valence-electron chi connectivity index (χ3n) is 12.9. The third kappa shape index (κ3) is 21.0. The second-order valence-electron chi connectivity index (χ2n) is 18.1. The van der Waals surface area contributed by atoms with Crippen LogP contribution in [0.5, 0.6) is 23.0 Å². The van der Waals surface area contributed by atoms with Gasteiger partial charge < -0.3 is 40.2 Å². The maximum atomic E-state index is 10.8.